The van der Waals surface area contributed by atoms with Crippen LogP contribution in [0.5, 0.6) is 0 Å². The number of likely N-dealkylation sites (tertiary alicyclic amines) is 1. The Balaban J connectivity index is 1.61. The molecule has 2 aromatic rings. The van der Waals surface area contributed by atoms with Crippen molar-refractivity contribution in [2.75, 3.05) is 18.4 Å². The van der Waals surface area contributed by atoms with Crippen LogP contribution >= 0.6 is 0 Å². The molecule has 0 spiro atoms. The van der Waals surface area contributed by atoms with Crippen molar-refractivity contribution in [2.45, 2.75) is 12.6 Å². The zero-order valence-electron chi connectivity index (χ0n) is 13.8. The smallest absolute Gasteiger partial charge is 0.333 e. The minimum Gasteiger partial charge on any atom is -0.333 e. The van der Waals surface area contributed by atoms with Crippen LogP contribution in [-0.2, 0) is 9.59 Å². The largest absolute Gasteiger partial charge is 0.406 e. The van der Waals surface area contributed by atoms with E-state index >= 15 is 0 Å². The van der Waals surface area contributed by atoms with E-state index in [1.165, 1.54) is 0 Å². The van der Waals surface area contributed by atoms with Gasteiger partial charge in [0.15, 0.2) is 0 Å². The van der Waals surface area contributed by atoms with Crippen molar-refractivity contribution in [3.05, 3.63) is 54.6 Å². The number of anilines is 1. The van der Waals surface area contributed by atoms with Crippen molar-refractivity contribution in [3.8, 4) is 11.1 Å². The van der Waals surface area contributed by atoms with E-state index in [0.29, 0.717) is 10.6 Å². The van der Waals surface area contributed by atoms with Gasteiger partial charge in [-0.15, -0.1) is 0 Å². The quantitative estimate of drug-likeness (QED) is 0.902. The van der Waals surface area contributed by atoms with Crippen LogP contribution in [0.4, 0.5) is 18.9 Å². The third-order valence-corrected chi connectivity index (χ3v) is 4.21. The maximum atomic E-state index is 12.4. The minimum absolute atomic E-state index is 0.204. The molecule has 1 saturated heterocycles. The number of hydrogen-bond acceptors (Lipinski definition) is 2. The van der Waals surface area contributed by atoms with E-state index in [4.69, 9.17) is 0 Å². The lowest BCUT2D eigenvalue weighted by Crippen LogP contribution is -2.36. The molecular formula is C19H17F3N2O2. The standard InChI is InChI=1S/C19H17F3N2O2/c20-19(21,22)12-24-11-15(10-17(24)25)18(26)23-16-8-6-14(7-9-16)13-4-2-1-3-5-13/h1-9,15H,10-12H2,(H,23,26). The van der Waals surface area contributed by atoms with Crippen LogP contribution in [-0.4, -0.2) is 36.0 Å². The fourth-order valence-corrected chi connectivity index (χ4v) is 2.94. The van der Waals surface area contributed by atoms with Crippen molar-refractivity contribution in [3.63, 3.8) is 0 Å². The summed E-state index contributed by atoms with van der Waals surface area (Å²) in [5, 5.41) is 2.67. The second kappa shape index (κ2) is 7.19. The molecule has 1 heterocycles. The monoisotopic (exact) mass is 362 g/mol. The van der Waals surface area contributed by atoms with E-state index in [1.807, 2.05) is 42.5 Å². The van der Waals surface area contributed by atoms with Crippen molar-refractivity contribution >= 4 is 17.5 Å². The van der Waals surface area contributed by atoms with Crippen LogP contribution in [0.2, 0.25) is 0 Å². The van der Waals surface area contributed by atoms with E-state index in [1.54, 1.807) is 12.1 Å². The van der Waals surface area contributed by atoms with Gasteiger partial charge in [-0.2, -0.15) is 13.2 Å². The highest BCUT2D eigenvalue weighted by Gasteiger charge is 2.40. The van der Waals surface area contributed by atoms with Gasteiger partial charge in [0, 0.05) is 18.7 Å². The Hall–Kier alpha value is -2.83. The SMILES string of the molecule is O=C(Nc1ccc(-c2ccccc2)cc1)C1CC(=O)N(CC(F)(F)F)C1. The fraction of sp³-hybridized carbons (Fsp3) is 0.263. The predicted molar refractivity (Wildman–Crippen MR) is 91.2 cm³/mol. The number of benzene rings is 2. The summed E-state index contributed by atoms with van der Waals surface area (Å²) in [5.74, 6) is -1.88. The van der Waals surface area contributed by atoms with E-state index in [9.17, 15) is 22.8 Å². The molecule has 1 atom stereocenters. The highest BCUT2D eigenvalue weighted by molar-refractivity contribution is 5.97. The Bertz CT molecular complexity index is 789. The van der Waals surface area contributed by atoms with Gasteiger partial charge in [0.25, 0.3) is 0 Å². The maximum absolute atomic E-state index is 12.4. The van der Waals surface area contributed by atoms with Gasteiger partial charge in [-0.3, -0.25) is 9.59 Å². The third-order valence-electron chi connectivity index (χ3n) is 4.21. The van der Waals surface area contributed by atoms with Crippen molar-refractivity contribution in [1.29, 1.82) is 0 Å². The van der Waals surface area contributed by atoms with Crippen molar-refractivity contribution in [1.82, 2.24) is 4.90 Å². The molecule has 1 fully saturated rings. The fourth-order valence-electron chi connectivity index (χ4n) is 2.94. The first-order valence-corrected chi connectivity index (χ1v) is 8.13. The van der Waals surface area contributed by atoms with E-state index in [-0.39, 0.29) is 13.0 Å². The van der Waals surface area contributed by atoms with Crippen LogP contribution in [0, 0.1) is 5.92 Å². The number of halogens is 3. The number of rotatable bonds is 4. The molecule has 7 heteroatoms. The summed E-state index contributed by atoms with van der Waals surface area (Å²) in [6, 6.07) is 16.9. The second-order valence-electron chi connectivity index (χ2n) is 6.22. The number of nitrogens with one attached hydrogen (secondary N) is 1. The number of amides is 2. The van der Waals surface area contributed by atoms with Crippen LogP contribution in [0.3, 0.4) is 0 Å². The zero-order valence-corrected chi connectivity index (χ0v) is 13.8. The van der Waals surface area contributed by atoms with Gasteiger partial charge in [-0.25, -0.2) is 0 Å². The molecule has 3 rings (SSSR count). The van der Waals surface area contributed by atoms with Gasteiger partial charge in [0.05, 0.1) is 5.92 Å². The molecule has 0 aliphatic carbocycles. The summed E-state index contributed by atoms with van der Waals surface area (Å²) >= 11 is 0. The van der Waals surface area contributed by atoms with Gasteiger partial charge in [-0.1, -0.05) is 42.5 Å². The lowest BCUT2D eigenvalue weighted by Gasteiger charge is -2.18. The number of carbonyl (C=O) groups excluding carboxylic acids is 2. The molecule has 136 valence electrons. The van der Waals surface area contributed by atoms with E-state index in [0.717, 1.165) is 11.1 Å². The van der Waals surface area contributed by atoms with Crippen molar-refractivity contribution in [2.24, 2.45) is 5.92 Å². The average Bonchev–Trinajstić information content (AvgIpc) is 2.95. The van der Waals surface area contributed by atoms with Crippen LogP contribution in [0.25, 0.3) is 11.1 Å². The molecule has 0 radical (unpaired) electrons. The Morgan fingerprint density at radius 1 is 1.04 bits per heavy atom. The molecule has 1 aliphatic heterocycles. The first-order valence-electron chi connectivity index (χ1n) is 8.13. The average molecular weight is 362 g/mol. The Morgan fingerprint density at radius 3 is 2.27 bits per heavy atom. The summed E-state index contributed by atoms with van der Waals surface area (Å²) < 4.78 is 37.3. The topological polar surface area (TPSA) is 49.4 Å². The van der Waals surface area contributed by atoms with E-state index < -0.39 is 30.5 Å². The molecule has 0 bridgehead atoms. The first kappa shape index (κ1) is 18.0. The highest BCUT2D eigenvalue weighted by atomic mass is 19.4. The molecule has 4 nitrogen and oxygen atoms in total. The Kier molecular flexibility index (Phi) is 4.97. The van der Waals surface area contributed by atoms with Crippen molar-refractivity contribution < 1.29 is 22.8 Å². The molecule has 2 amide bonds. The number of carbonyl (C=O) groups is 2. The van der Waals surface area contributed by atoms with Gasteiger partial charge in [0.1, 0.15) is 6.54 Å². The summed E-state index contributed by atoms with van der Waals surface area (Å²) in [6.07, 6.45) is -4.67. The highest BCUT2D eigenvalue weighted by Crippen LogP contribution is 2.25. The minimum atomic E-state index is -4.46. The molecule has 1 N–H and O–H groups in total. The number of nitrogens with zero attached hydrogens (tertiary/aromatic N) is 1. The van der Waals surface area contributed by atoms with Crippen LogP contribution in [0.15, 0.2) is 54.6 Å². The molecule has 0 aromatic heterocycles. The van der Waals surface area contributed by atoms with Gasteiger partial charge >= 0.3 is 6.18 Å². The van der Waals surface area contributed by atoms with Crippen LogP contribution in [0.1, 0.15) is 6.42 Å². The predicted octanol–water partition coefficient (Wildman–Crippen LogP) is 3.70. The summed E-state index contributed by atoms with van der Waals surface area (Å²) in [4.78, 5) is 24.6. The summed E-state index contributed by atoms with van der Waals surface area (Å²) in [7, 11) is 0. The van der Waals surface area contributed by atoms with Gasteiger partial charge in [0.2, 0.25) is 11.8 Å². The first-order chi connectivity index (χ1) is 12.3. The maximum Gasteiger partial charge on any atom is 0.406 e. The molecule has 2 aromatic carbocycles. The normalized spacial score (nSPS) is 17.4. The lowest BCUT2D eigenvalue weighted by molar-refractivity contribution is -0.157. The lowest BCUT2D eigenvalue weighted by atomic mass is 10.1. The molecule has 0 saturated carbocycles. The zero-order chi connectivity index (χ0) is 18.7. The van der Waals surface area contributed by atoms with E-state index in [2.05, 4.69) is 5.32 Å². The van der Waals surface area contributed by atoms with Gasteiger partial charge < -0.3 is 10.2 Å². The molecular weight excluding hydrogens is 345 g/mol. The second-order valence-corrected chi connectivity index (χ2v) is 6.22. The van der Waals surface area contributed by atoms with Crippen LogP contribution < -0.4 is 5.32 Å². The molecule has 1 aliphatic rings. The summed E-state index contributed by atoms with van der Waals surface area (Å²) in [5.41, 5.74) is 2.56. The molecule has 26 heavy (non-hydrogen) atoms. The Morgan fingerprint density at radius 2 is 1.65 bits per heavy atom. The Labute approximate surface area is 148 Å². The molecule has 1 unspecified atom stereocenters. The number of hydrogen-bond donors (Lipinski definition) is 1. The number of alkyl halides is 3. The van der Waals surface area contributed by atoms with Gasteiger partial charge in [-0.05, 0) is 23.3 Å². The third kappa shape index (κ3) is 4.41. The summed E-state index contributed by atoms with van der Waals surface area (Å²) in [6.45, 7) is -1.53.